The Hall–Kier alpha value is 0.110. The fourth-order valence-corrected chi connectivity index (χ4v) is 2.03. The van der Waals surface area contributed by atoms with E-state index in [1.54, 1.807) is 0 Å². The van der Waals surface area contributed by atoms with Gasteiger partial charge in [-0.2, -0.15) is 0 Å². The summed E-state index contributed by atoms with van der Waals surface area (Å²) in [5.41, 5.74) is 1.19. The Morgan fingerprint density at radius 3 is 2.71 bits per heavy atom. The Bertz CT molecular complexity index is 297. The molecule has 0 saturated carbocycles. The van der Waals surface area contributed by atoms with Gasteiger partial charge in [-0.15, -0.1) is 0 Å². The van der Waals surface area contributed by atoms with Gasteiger partial charge in [-0.3, -0.25) is 0 Å². The first-order valence-electron chi connectivity index (χ1n) is 4.67. The zero-order chi connectivity index (χ0) is 10.6. The largest absolute Gasteiger partial charge is 0.206 e. The van der Waals surface area contributed by atoms with Crippen molar-refractivity contribution in [3.63, 3.8) is 0 Å². The molecule has 14 heavy (non-hydrogen) atoms. The van der Waals surface area contributed by atoms with Crippen LogP contribution in [0, 0.1) is 5.82 Å². The number of halogens is 3. The molecular formula is C11H13Br2F. The molecule has 1 aromatic carbocycles. The van der Waals surface area contributed by atoms with E-state index >= 15 is 0 Å². The maximum atomic E-state index is 12.9. The predicted octanol–water partition coefficient (Wildman–Crippen LogP) is 4.69. The summed E-state index contributed by atoms with van der Waals surface area (Å²) in [5.74, 6) is -0.192. The fraction of sp³-hybridized carbons (Fsp3) is 0.455. The van der Waals surface area contributed by atoms with E-state index < -0.39 is 0 Å². The normalized spacial score (nSPS) is 12.9. The summed E-state index contributed by atoms with van der Waals surface area (Å²) < 4.78 is 13.5. The number of alkyl halides is 1. The van der Waals surface area contributed by atoms with E-state index in [0.29, 0.717) is 9.30 Å². The lowest BCUT2D eigenvalue weighted by molar-refractivity contribution is 0.619. The molecule has 0 amide bonds. The quantitative estimate of drug-likeness (QED) is 0.705. The van der Waals surface area contributed by atoms with Gasteiger partial charge in [-0.25, -0.2) is 4.39 Å². The molecule has 0 aromatic heterocycles. The second kappa shape index (κ2) is 5.86. The monoisotopic (exact) mass is 322 g/mol. The van der Waals surface area contributed by atoms with Crippen LogP contribution < -0.4 is 0 Å². The molecule has 0 bridgehead atoms. The summed E-state index contributed by atoms with van der Waals surface area (Å²) >= 11 is 6.69. The van der Waals surface area contributed by atoms with Crippen LogP contribution in [0.25, 0.3) is 0 Å². The molecule has 1 atom stereocenters. The average molecular weight is 324 g/mol. The SMILES string of the molecule is CC(Br)CCCc1ccc(F)c(Br)c1. The Kier molecular flexibility index (Phi) is 5.10. The van der Waals surface area contributed by atoms with Crippen molar-refractivity contribution >= 4 is 31.9 Å². The molecule has 1 aromatic rings. The van der Waals surface area contributed by atoms with Gasteiger partial charge in [0.05, 0.1) is 4.47 Å². The Labute approximate surface area is 101 Å². The van der Waals surface area contributed by atoms with Crippen LogP contribution >= 0.6 is 31.9 Å². The van der Waals surface area contributed by atoms with E-state index in [-0.39, 0.29) is 5.82 Å². The summed E-state index contributed by atoms with van der Waals surface area (Å²) in [6.07, 6.45) is 3.29. The zero-order valence-corrected chi connectivity index (χ0v) is 11.2. The minimum atomic E-state index is -0.192. The molecule has 78 valence electrons. The van der Waals surface area contributed by atoms with Crippen LogP contribution in [0.15, 0.2) is 22.7 Å². The predicted molar refractivity (Wildman–Crippen MR) is 65.4 cm³/mol. The minimum absolute atomic E-state index is 0.192. The highest BCUT2D eigenvalue weighted by atomic mass is 79.9. The summed E-state index contributed by atoms with van der Waals surface area (Å²) in [5, 5.41) is 0. The average Bonchev–Trinajstić information content (AvgIpc) is 2.10. The highest BCUT2D eigenvalue weighted by Crippen LogP contribution is 2.18. The number of hydrogen-bond acceptors (Lipinski definition) is 0. The molecule has 0 N–H and O–H groups in total. The van der Waals surface area contributed by atoms with Crippen molar-refractivity contribution < 1.29 is 4.39 Å². The molecule has 0 heterocycles. The van der Waals surface area contributed by atoms with E-state index in [2.05, 4.69) is 38.8 Å². The lowest BCUT2D eigenvalue weighted by Crippen LogP contribution is -1.93. The molecule has 0 aliphatic carbocycles. The van der Waals surface area contributed by atoms with Crippen LogP contribution in [0.2, 0.25) is 0 Å². The molecule has 0 saturated heterocycles. The van der Waals surface area contributed by atoms with Crippen LogP contribution in [0.4, 0.5) is 4.39 Å². The number of aryl methyl sites for hydroxylation is 1. The van der Waals surface area contributed by atoms with Crippen LogP contribution in [-0.4, -0.2) is 4.83 Å². The summed E-state index contributed by atoms with van der Waals surface area (Å²) in [6, 6.07) is 5.21. The van der Waals surface area contributed by atoms with Crippen LogP contribution in [0.3, 0.4) is 0 Å². The van der Waals surface area contributed by atoms with Gasteiger partial charge in [-0.05, 0) is 52.9 Å². The van der Waals surface area contributed by atoms with E-state index in [9.17, 15) is 4.39 Å². The third kappa shape index (κ3) is 4.09. The lowest BCUT2D eigenvalue weighted by Gasteiger charge is -2.04. The van der Waals surface area contributed by atoms with Gasteiger partial charge < -0.3 is 0 Å². The van der Waals surface area contributed by atoms with Gasteiger partial charge in [-0.1, -0.05) is 28.9 Å². The molecule has 3 heteroatoms. The van der Waals surface area contributed by atoms with Crippen molar-refractivity contribution in [2.75, 3.05) is 0 Å². The lowest BCUT2D eigenvalue weighted by atomic mass is 10.1. The molecule has 0 fully saturated rings. The van der Waals surface area contributed by atoms with Crippen LogP contribution in [0.5, 0.6) is 0 Å². The topological polar surface area (TPSA) is 0 Å². The van der Waals surface area contributed by atoms with Crippen molar-refractivity contribution in [2.24, 2.45) is 0 Å². The molecule has 0 nitrogen and oxygen atoms in total. The second-order valence-corrected chi connectivity index (χ2v) is 5.84. The maximum Gasteiger partial charge on any atom is 0.137 e. The Morgan fingerprint density at radius 2 is 2.14 bits per heavy atom. The number of rotatable bonds is 4. The van der Waals surface area contributed by atoms with E-state index in [1.807, 2.05) is 12.1 Å². The van der Waals surface area contributed by atoms with Crippen LogP contribution in [-0.2, 0) is 6.42 Å². The number of benzene rings is 1. The first kappa shape index (κ1) is 12.2. The van der Waals surface area contributed by atoms with Gasteiger partial charge in [0, 0.05) is 4.83 Å². The molecule has 0 aliphatic heterocycles. The van der Waals surface area contributed by atoms with Crippen molar-refractivity contribution in [1.29, 1.82) is 0 Å². The second-order valence-electron chi connectivity index (χ2n) is 3.42. The van der Waals surface area contributed by atoms with E-state index in [0.717, 1.165) is 19.3 Å². The van der Waals surface area contributed by atoms with E-state index in [4.69, 9.17) is 0 Å². The molecular weight excluding hydrogens is 311 g/mol. The third-order valence-electron chi connectivity index (χ3n) is 2.05. The molecule has 1 unspecified atom stereocenters. The fourth-order valence-electron chi connectivity index (χ4n) is 1.28. The summed E-state index contributed by atoms with van der Waals surface area (Å²) in [4.78, 5) is 0.561. The van der Waals surface area contributed by atoms with Gasteiger partial charge in [0.1, 0.15) is 5.82 Å². The first-order valence-corrected chi connectivity index (χ1v) is 6.38. The molecule has 0 aliphatic rings. The third-order valence-corrected chi connectivity index (χ3v) is 3.12. The van der Waals surface area contributed by atoms with Crippen LogP contribution in [0.1, 0.15) is 25.3 Å². The smallest absolute Gasteiger partial charge is 0.137 e. The van der Waals surface area contributed by atoms with Gasteiger partial charge in [0.15, 0.2) is 0 Å². The van der Waals surface area contributed by atoms with Crippen molar-refractivity contribution in [2.45, 2.75) is 31.0 Å². The van der Waals surface area contributed by atoms with Gasteiger partial charge in [0.2, 0.25) is 0 Å². The van der Waals surface area contributed by atoms with Crippen molar-refractivity contribution in [1.82, 2.24) is 0 Å². The molecule has 0 radical (unpaired) electrons. The zero-order valence-electron chi connectivity index (χ0n) is 8.06. The Balaban J connectivity index is 2.47. The summed E-state index contributed by atoms with van der Waals surface area (Å²) in [6.45, 7) is 2.14. The minimum Gasteiger partial charge on any atom is -0.206 e. The molecule has 0 spiro atoms. The van der Waals surface area contributed by atoms with Crippen molar-refractivity contribution in [3.05, 3.63) is 34.1 Å². The number of hydrogen-bond donors (Lipinski definition) is 0. The highest BCUT2D eigenvalue weighted by molar-refractivity contribution is 9.10. The molecule has 1 rings (SSSR count). The van der Waals surface area contributed by atoms with Gasteiger partial charge in [0.25, 0.3) is 0 Å². The first-order chi connectivity index (χ1) is 6.59. The Morgan fingerprint density at radius 1 is 1.43 bits per heavy atom. The maximum absolute atomic E-state index is 12.9. The van der Waals surface area contributed by atoms with Crippen molar-refractivity contribution in [3.8, 4) is 0 Å². The standard InChI is InChI=1S/C11H13Br2F/c1-8(12)3-2-4-9-5-6-11(14)10(13)7-9/h5-8H,2-4H2,1H3. The highest BCUT2D eigenvalue weighted by Gasteiger charge is 2.01. The summed E-state index contributed by atoms with van der Waals surface area (Å²) in [7, 11) is 0. The van der Waals surface area contributed by atoms with Gasteiger partial charge >= 0.3 is 0 Å². The van der Waals surface area contributed by atoms with E-state index in [1.165, 1.54) is 11.6 Å².